The van der Waals surface area contributed by atoms with Crippen LogP contribution in [0.5, 0.6) is 5.88 Å². The van der Waals surface area contributed by atoms with Gasteiger partial charge in [-0.05, 0) is 39.8 Å². The molecule has 1 aliphatic rings. The molecule has 190 valence electrons. The molecule has 1 N–H and O–H groups in total. The highest BCUT2D eigenvalue weighted by Crippen LogP contribution is 2.36. The SMILES string of the molecule is CNc1cc2c(cn1)c(-c1cnn(C)c1)nn2C1CCC(Oc2ccc(=O)n(CCN(C)C)n2)CC1. The fourth-order valence-electron chi connectivity index (χ4n) is 4.73. The van der Waals surface area contributed by atoms with Gasteiger partial charge in [0, 0.05) is 62.2 Å². The molecule has 0 amide bonds. The highest BCUT2D eigenvalue weighted by Gasteiger charge is 2.27. The molecule has 4 heterocycles. The maximum Gasteiger partial charge on any atom is 0.267 e. The van der Waals surface area contributed by atoms with Gasteiger partial charge in [-0.15, -0.1) is 5.10 Å². The van der Waals surface area contributed by atoms with E-state index in [0.29, 0.717) is 12.4 Å². The van der Waals surface area contributed by atoms with Crippen LogP contribution in [0.4, 0.5) is 5.82 Å². The van der Waals surface area contributed by atoms with Gasteiger partial charge in [-0.2, -0.15) is 10.2 Å². The summed E-state index contributed by atoms with van der Waals surface area (Å²) < 4.78 is 11.6. The average Bonchev–Trinajstić information content (AvgIpc) is 3.47. The topological polar surface area (TPSA) is 108 Å². The van der Waals surface area contributed by atoms with Gasteiger partial charge in [0.2, 0.25) is 5.88 Å². The van der Waals surface area contributed by atoms with Crippen LogP contribution in [0.2, 0.25) is 0 Å². The minimum atomic E-state index is -0.113. The van der Waals surface area contributed by atoms with E-state index in [9.17, 15) is 4.79 Å². The number of likely N-dealkylation sites (N-methyl/N-ethyl adjacent to an activating group) is 1. The molecule has 11 heteroatoms. The summed E-state index contributed by atoms with van der Waals surface area (Å²) in [5.41, 5.74) is 2.83. The maximum atomic E-state index is 12.1. The number of nitrogens with zero attached hydrogens (tertiary/aromatic N) is 8. The number of aromatic nitrogens is 7. The van der Waals surface area contributed by atoms with Gasteiger partial charge >= 0.3 is 0 Å². The number of ether oxygens (including phenoxy) is 1. The lowest BCUT2D eigenvalue weighted by atomic mass is 9.93. The van der Waals surface area contributed by atoms with Crippen LogP contribution in [0.3, 0.4) is 0 Å². The first-order chi connectivity index (χ1) is 17.4. The van der Waals surface area contributed by atoms with Crippen molar-refractivity contribution < 1.29 is 4.74 Å². The Kier molecular flexibility index (Phi) is 6.73. The number of fused-ring (bicyclic) bond motifs is 1. The molecular weight excluding hydrogens is 458 g/mol. The second kappa shape index (κ2) is 10.1. The molecule has 0 aromatic carbocycles. The third kappa shape index (κ3) is 4.97. The summed E-state index contributed by atoms with van der Waals surface area (Å²) in [4.78, 5) is 18.7. The van der Waals surface area contributed by atoms with Crippen molar-refractivity contribution in [2.75, 3.05) is 33.0 Å². The van der Waals surface area contributed by atoms with Crippen molar-refractivity contribution >= 4 is 16.7 Å². The Morgan fingerprint density at radius 1 is 1.14 bits per heavy atom. The van der Waals surface area contributed by atoms with Gasteiger partial charge < -0.3 is 15.0 Å². The smallest absolute Gasteiger partial charge is 0.267 e. The summed E-state index contributed by atoms with van der Waals surface area (Å²) in [5.74, 6) is 1.32. The van der Waals surface area contributed by atoms with Crippen LogP contribution in [0, 0.1) is 0 Å². The Morgan fingerprint density at radius 2 is 1.94 bits per heavy atom. The standard InChI is InChI=1S/C25H33N9O2/c1-26-22-13-21-20(15-27-22)25(17-14-28-32(4)16-17)30-34(21)18-5-7-19(8-6-18)36-23-9-10-24(35)33(29-23)12-11-31(2)3/h9-10,13-16,18-19H,5-8,11-12H2,1-4H3,(H,26,27). The number of rotatable bonds is 8. The van der Waals surface area contributed by atoms with Crippen molar-refractivity contribution in [2.24, 2.45) is 7.05 Å². The number of hydrogen-bond acceptors (Lipinski definition) is 8. The molecule has 36 heavy (non-hydrogen) atoms. The molecule has 0 aliphatic heterocycles. The van der Waals surface area contributed by atoms with E-state index in [0.717, 1.165) is 60.2 Å². The average molecular weight is 492 g/mol. The van der Waals surface area contributed by atoms with Crippen molar-refractivity contribution in [3.8, 4) is 17.1 Å². The third-order valence-electron chi connectivity index (χ3n) is 6.70. The predicted octanol–water partition coefficient (Wildman–Crippen LogP) is 2.55. The minimum Gasteiger partial charge on any atom is -0.473 e. The second-order valence-electron chi connectivity index (χ2n) is 9.62. The lowest BCUT2D eigenvalue weighted by Gasteiger charge is -2.29. The second-order valence-corrected chi connectivity index (χ2v) is 9.62. The Labute approximate surface area is 209 Å². The lowest BCUT2D eigenvalue weighted by Crippen LogP contribution is -2.30. The van der Waals surface area contributed by atoms with Crippen LogP contribution in [0.15, 0.2) is 41.6 Å². The Hall–Kier alpha value is -3.73. The number of hydrogen-bond donors (Lipinski definition) is 1. The van der Waals surface area contributed by atoms with E-state index in [1.807, 2.05) is 51.7 Å². The Morgan fingerprint density at radius 3 is 2.64 bits per heavy atom. The summed E-state index contributed by atoms with van der Waals surface area (Å²) in [6, 6.07) is 5.53. The van der Waals surface area contributed by atoms with Crippen LogP contribution in [-0.2, 0) is 13.6 Å². The van der Waals surface area contributed by atoms with Gasteiger partial charge in [-0.1, -0.05) is 0 Å². The molecule has 5 rings (SSSR count). The summed E-state index contributed by atoms with van der Waals surface area (Å²) in [7, 11) is 7.73. The van der Waals surface area contributed by atoms with Crippen LogP contribution < -0.4 is 15.6 Å². The first-order valence-electron chi connectivity index (χ1n) is 12.4. The molecule has 0 unspecified atom stereocenters. The first kappa shape index (κ1) is 24.0. The molecule has 1 aliphatic carbocycles. The van der Waals surface area contributed by atoms with Crippen molar-refractivity contribution in [1.82, 2.24) is 39.2 Å². The van der Waals surface area contributed by atoms with E-state index >= 15 is 0 Å². The van der Waals surface area contributed by atoms with Gasteiger partial charge in [0.05, 0.1) is 24.3 Å². The number of aryl methyl sites for hydroxylation is 1. The minimum absolute atomic E-state index is 0.0581. The fraction of sp³-hybridized carbons (Fsp3) is 0.480. The molecule has 11 nitrogen and oxygen atoms in total. The van der Waals surface area contributed by atoms with Crippen molar-refractivity contribution in [2.45, 2.75) is 44.4 Å². The normalized spacial score (nSPS) is 18.1. The number of nitrogens with one attached hydrogen (secondary N) is 1. The molecule has 0 spiro atoms. The van der Waals surface area contributed by atoms with Crippen LogP contribution in [-0.4, -0.2) is 73.0 Å². The van der Waals surface area contributed by atoms with E-state index in [1.54, 1.807) is 10.7 Å². The van der Waals surface area contributed by atoms with E-state index in [2.05, 4.69) is 31.2 Å². The molecule has 1 saturated carbocycles. The zero-order valence-electron chi connectivity index (χ0n) is 21.3. The highest BCUT2D eigenvalue weighted by atomic mass is 16.5. The molecule has 0 atom stereocenters. The third-order valence-corrected chi connectivity index (χ3v) is 6.70. The summed E-state index contributed by atoms with van der Waals surface area (Å²) in [5, 5.41) is 17.9. The van der Waals surface area contributed by atoms with E-state index < -0.39 is 0 Å². The molecule has 1 fully saturated rings. The van der Waals surface area contributed by atoms with E-state index in [4.69, 9.17) is 9.84 Å². The van der Waals surface area contributed by atoms with Crippen molar-refractivity contribution in [3.63, 3.8) is 0 Å². The Bertz CT molecular complexity index is 1400. The molecule has 0 radical (unpaired) electrons. The lowest BCUT2D eigenvalue weighted by molar-refractivity contribution is 0.122. The van der Waals surface area contributed by atoms with Gasteiger partial charge in [-0.3, -0.25) is 14.2 Å². The van der Waals surface area contributed by atoms with Gasteiger partial charge in [-0.25, -0.2) is 9.67 Å². The predicted molar refractivity (Wildman–Crippen MR) is 138 cm³/mol. The zero-order chi connectivity index (χ0) is 25.2. The van der Waals surface area contributed by atoms with Crippen LogP contribution >= 0.6 is 0 Å². The number of anilines is 1. The quantitative estimate of drug-likeness (QED) is 0.401. The molecule has 0 saturated heterocycles. The molecule has 0 bridgehead atoms. The van der Waals surface area contributed by atoms with Crippen LogP contribution in [0.1, 0.15) is 31.7 Å². The van der Waals surface area contributed by atoms with Gasteiger partial charge in [0.15, 0.2) is 0 Å². The fourth-order valence-corrected chi connectivity index (χ4v) is 4.73. The molecule has 4 aromatic rings. The van der Waals surface area contributed by atoms with Crippen molar-refractivity contribution in [3.05, 3.63) is 47.1 Å². The van der Waals surface area contributed by atoms with Crippen LogP contribution in [0.25, 0.3) is 22.2 Å². The largest absolute Gasteiger partial charge is 0.473 e. The van der Waals surface area contributed by atoms with E-state index in [1.165, 1.54) is 10.7 Å². The maximum absolute atomic E-state index is 12.1. The zero-order valence-corrected chi connectivity index (χ0v) is 21.3. The summed E-state index contributed by atoms with van der Waals surface area (Å²) in [6.07, 6.45) is 9.41. The summed E-state index contributed by atoms with van der Waals surface area (Å²) >= 11 is 0. The summed E-state index contributed by atoms with van der Waals surface area (Å²) in [6.45, 7) is 1.27. The Balaban J connectivity index is 1.33. The molecular formula is C25H33N9O2. The van der Waals surface area contributed by atoms with Gasteiger partial charge in [0.1, 0.15) is 17.6 Å². The highest BCUT2D eigenvalue weighted by molar-refractivity contribution is 5.93. The first-order valence-corrected chi connectivity index (χ1v) is 12.4. The van der Waals surface area contributed by atoms with Crippen molar-refractivity contribution in [1.29, 1.82) is 0 Å². The molecule has 4 aromatic heterocycles. The van der Waals surface area contributed by atoms with Gasteiger partial charge in [0.25, 0.3) is 5.56 Å². The number of pyridine rings is 1. The monoisotopic (exact) mass is 491 g/mol. The van der Waals surface area contributed by atoms with E-state index in [-0.39, 0.29) is 17.7 Å².